The number of aliphatic imine (C=N–C) groups is 1. The van der Waals surface area contributed by atoms with Crippen molar-refractivity contribution < 1.29 is 23.1 Å². The number of carboxylic acid groups (broad SMARTS) is 1. The Morgan fingerprint density at radius 2 is 1.83 bits per heavy atom. The summed E-state index contributed by atoms with van der Waals surface area (Å²) in [4.78, 5) is 29.3. The lowest BCUT2D eigenvalue weighted by Crippen LogP contribution is -2.39. The third-order valence-corrected chi connectivity index (χ3v) is 8.48. The Labute approximate surface area is 175 Å². The maximum atomic E-state index is 12.4. The van der Waals surface area contributed by atoms with Crippen LogP contribution in [0.4, 0.5) is 5.69 Å². The number of carbonyl (C=O) groups excluding carboxylic acids is 1. The molecule has 1 aromatic carbocycles. The van der Waals surface area contributed by atoms with Crippen molar-refractivity contribution in [2.24, 2.45) is 4.99 Å². The number of carbonyl (C=O) groups is 2. The van der Waals surface area contributed by atoms with E-state index in [9.17, 15) is 18.0 Å². The average molecular weight is 439 g/mol. The van der Waals surface area contributed by atoms with Gasteiger partial charge in [0.25, 0.3) is 0 Å². The molecular formula is C20H26N2O5S2. The van der Waals surface area contributed by atoms with Gasteiger partial charge in [-0.15, -0.1) is 0 Å². The molecule has 2 unspecified atom stereocenters. The van der Waals surface area contributed by atoms with E-state index in [2.05, 4.69) is 18.8 Å². The van der Waals surface area contributed by atoms with Crippen LogP contribution in [0, 0.1) is 0 Å². The molecule has 1 N–H and O–H groups in total. The fourth-order valence-electron chi connectivity index (χ4n) is 3.90. The Morgan fingerprint density at radius 3 is 2.41 bits per heavy atom. The summed E-state index contributed by atoms with van der Waals surface area (Å²) in [6.07, 6.45) is 1.80. The van der Waals surface area contributed by atoms with E-state index in [1.165, 1.54) is 11.8 Å². The molecule has 1 amide bonds. The number of rotatable bonds is 7. The van der Waals surface area contributed by atoms with Gasteiger partial charge in [0.15, 0.2) is 15.0 Å². The normalized spacial score (nSPS) is 24.1. The first-order chi connectivity index (χ1) is 13.8. The maximum Gasteiger partial charge on any atom is 0.303 e. The first kappa shape index (κ1) is 21.8. The smallest absolute Gasteiger partial charge is 0.303 e. The molecule has 2 saturated heterocycles. The van der Waals surface area contributed by atoms with Gasteiger partial charge in [-0.2, -0.15) is 4.99 Å². The van der Waals surface area contributed by atoms with Crippen molar-refractivity contribution in [2.45, 2.75) is 57.2 Å². The minimum Gasteiger partial charge on any atom is -0.481 e. The van der Waals surface area contributed by atoms with Crippen LogP contribution in [0.1, 0.15) is 44.2 Å². The SMILES string of the molecule is CCc1cccc(CC)c1N1C(=NC(=O)CCCC(=O)O)SC2CS(=O)(=O)CC21. The van der Waals surface area contributed by atoms with Crippen molar-refractivity contribution in [2.75, 3.05) is 16.4 Å². The van der Waals surface area contributed by atoms with Gasteiger partial charge in [-0.1, -0.05) is 43.8 Å². The number of thioether (sulfide) groups is 1. The quantitative estimate of drug-likeness (QED) is 0.698. The van der Waals surface area contributed by atoms with Gasteiger partial charge in [0.1, 0.15) is 0 Å². The van der Waals surface area contributed by atoms with Crippen LogP contribution < -0.4 is 4.90 Å². The Morgan fingerprint density at radius 1 is 1.17 bits per heavy atom. The van der Waals surface area contributed by atoms with Crippen molar-refractivity contribution in [1.82, 2.24) is 0 Å². The largest absolute Gasteiger partial charge is 0.481 e. The number of hydrogen-bond donors (Lipinski definition) is 1. The summed E-state index contributed by atoms with van der Waals surface area (Å²) in [5.41, 5.74) is 3.16. The van der Waals surface area contributed by atoms with E-state index in [0.717, 1.165) is 29.7 Å². The van der Waals surface area contributed by atoms with Gasteiger partial charge in [-0.25, -0.2) is 8.42 Å². The molecule has 2 aliphatic rings. The number of amidine groups is 1. The molecule has 2 aliphatic heterocycles. The van der Waals surface area contributed by atoms with Gasteiger partial charge in [0.05, 0.1) is 17.5 Å². The third kappa shape index (κ3) is 4.83. The second kappa shape index (κ2) is 8.87. The summed E-state index contributed by atoms with van der Waals surface area (Å²) in [6, 6.07) is 5.82. The van der Waals surface area contributed by atoms with E-state index in [-0.39, 0.29) is 48.0 Å². The van der Waals surface area contributed by atoms with Crippen molar-refractivity contribution >= 4 is 44.3 Å². The summed E-state index contributed by atoms with van der Waals surface area (Å²) >= 11 is 1.35. The average Bonchev–Trinajstić information content (AvgIpc) is 3.11. The number of hydrogen-bond acceptors (Lipinski definition) is 5. The third-order valence-electron chi connectivity index (χ3n) is 5.27. The van der Waals surface area contributed by atoms with Crippen LogP contribution in [-0.2, 0) is 32.3 Å². The summed E-state index contributed by atoms with van der Waals surface area (Å²) in [5, 5.41) is 9.14. The van der Waals surface area contributed by atoms with Crippen molar-refractivity contribution in [3.63, 3.8) is 0 Å². The minimum absolute atomic E-state index is 0.0537. The van der Waals surface area contributed by atoms with Crippen LogP contribution in [0.25, 0.3) is 0 Å². The second-order valence-electron chi connectivity index (χ2n) is 7.34. The predicted molar refractivity (Wildman–Crippen MR) is 115 cm³/mol. The molecule has 0 radical (unpaired) electrons. The van der Waals surface area contributed by atoms with Crippen molar-refractivity contribution in [1.29, 1.82) is 0 Å². The highest BCUT2D eigenvalue weighted by Crippen LogP contribution is 2.43. The molecule has 0 aromatic heterocycles. The highest BCUT2D eigenvalue weighted by molar-refractivity contribution is 8.16. The number of anilines is 1. The van der Waals surface area contributed by atoms with Gasteiger partial charge >= 0.3 is 5.97 Å². The molecule has 0 bridgehead atoms. The first-order valence-corrected chi connectivity index (χ1v) is 12.6. The zero-order valence-corrected chi connectivity index (χ0v) is 18.3. The number of benzene rings is 1. The molecule has 2 heterocycles. The monoisotopic (exact) mass is 438 g/mol. The van der Waals surface area contributed by atoms with E-state index in [1.807, 2.05) is 23.1 Å². The molecule has 3 rings (SSSR count). The van der Waals surface area contributed by atoms with Crippen molar-refractivity contribution in [3.8, 4) is 0 Å². The van der Waals surface area contributed by atoms with E-state index in [0.29, 0.717) is 5.17 Å². The molecule has 7 nitrogen and oxygen atoms in total. The molecular weight excluding hydrogens is 412 g/mol. The maximum absolute atomic E-state index is 12.4. The van der Waals surface area contributed by atoms with E-state index in [4.69, 9.17) is 5.11 Å². The lowest BCUT2D eigenvalue weighted by molar-refractivity contribution is -0.137. The van der Waals surface area contributed by atoms with Crippen LogP contribution in [0.5, 0.6) is 0 Å². The van der Waals surface area contributed by atoms with E-state index in [1.54, 1.807) is 0 Å². The Balaban J connectivity index is 1.98. The summed E-state index contributed by atoms with van der Waals surface area (Å²) < 4.78 is 24.5. The summed E-state index contributed by atoms with van der Waals surface area (Å²) in [6.45, 7) is 4.11. The second-order valence-corrected chi connectivity index (χ2v) is 10.7. The Bertz CT molecular complexity index is 920. The predicted octanol–water partition coefficient (Wildman–Crippen LogP) is 2.67. The number of amides is 1. The number of nitrogens with zero attached hydrogens (tertiary/aromatic N) is 2. The van der Waals surface area contributed by atoms with Crippen LogP contribution >= 0.6 is 11.8 Å². The molecule has 29 heavy (non-hydrogen) atoms. The topological polar surface area (TPSA) is 104 Å². The first-order valence-electron chi connectivity index (χ1n) is 9.86. The van der Waals surface area contributed by atoms with Gasteiger partial charge in [0, 0.05) is 23.8 Å². The standard InChI is InChI=1S/C20H26N2O5S2/c1-3-13-7-5-8-14(4-2)19(13)22-15-11-29(26,27)12-16(15)28-20(22)21-17(23)9-6-10-18(24)25/h5,7-8,15-16H,3-4,6,9-12H2,1-2H3,(H,24,25). The number of aryl methyl sites for hydroxylation is 2. The van der Waals surface area contributed by atoms with E-state index >= 15 is 0 Å². The fourth-order valence-corrected chi connectivity index (χ4v) is 7.82. The Hall–Kier alpha value is -1.87. The minimum atomic E-state index is -3.13. The summed E-state index contributed by atoms with van der Waals surface area (Å²) in [5.74, 6) is -1.17. The molecule has 158 valence electrons. The van der Waals surface area contributed by atoms with Crippen LogP contribution in [0.3, 0.4) is 0 Å². The lowest BCUT2D eigenvalue weighted by atomic mass is 10.0. The van der Waals surface area contributed by atoms with Crippen LogP contribution in [0.15, 0.2) is 23.2 Å². The molecule has 9 heteroatoms. The molecule has 2 fully saturated rings. The van der Waals surface area contributed by atoms with Crippen LogP contribution in [-0.4, -0.2) is 53.4 Å². The highest BCUT2D eigenvalue weighted by atomic mass is 32.2. The molecule has 0 aliphatic carbocycles. The number of aliphatic carboxylic acids is 1. The fraction of sp³-hybridized carbons (Fsp3) is 0.550. The summed E-state index contributed by atoms with van der Waals surface area (Å²) in [7, 11) is -3.13. The molecule has 0 saturated carbocycles. The van der Waals surface area contributed by atoms with Gasteiger partial charge in [-0.05, 0) is 30.4 Å². The number of para-hydroxylation sites is 1. The highest BCUT2D eigenvalue weighted by Gasteiger charge is 2.50. The zero-order chi connectivity index (χ0) is 21.2. The zero-order valence-electron chi connectivity index (χ0n) is 16.6. The molecule has 2 atom stereocenters. The van der Waals surface area contributed by atoms with Gasteiger partial charge in [0.2, 0.25) is 5.91 Å². The lowest BCUT2D eigenvalue weighted by Gasteiger charge is -2.29. The number of fused-ring (bicyclic) bond motifs is 1. The molecule has 0 spiro atoms. The number of carboxylic acids is 1. The molecule has 1 aromatic rings. The number of sulfone groups is 1. The van der Waals surface area contributed by atoms with Crippen LogP contribution in [0.2, 0.25) is 0 Å². The Kier molecular flexibility index (Phi) is 6.68. The van der Waals surface area contributed by atoms with E-state index < -0.39 is 15.8 Å². The van der Waals surface area contributed by atoms with Gasteiger partial charge < -0.3 is 10.0 Å². The van der Waals surface area contributed by atoms with Crippen molar-refractivity contribution in [3.05, 3.63) is 29.3 Å². The van der Waals surface area contributed by atoms with Gasteiger partial charge in [-0.3, -0.25) is 9.59 Å².